The van der Waals surface area contributed by atoms with Crippen LogP contribution in [0.15, 0.2) is 54.6 Å². The highest BCUT2D eigenvalue weighted by Gasteiger charge is 2.35. The van der Waals surface area contributed by atoms with Gasteiger partial charge in [-0.3, -0.25) is 0 Å². The van der Waals surface area contributed by atoms with Gasteiger partial charge in [-0.25, -0.2) is 0 Å². The predicted octanol–water partition coefficient (Wildman–Crippen LogP) is 5.69. The summed E-state index contributed by atoms with van der Waals surface area (Å²) in [4.78, 5) is 0. The van der Waals surface area contributed by atoms with Crippen molar-refractivity contribution >= 4 is 21.8 Å². The van der Waals surface area contributed by atoms with Gasteiger partial charge in [-0.05, 0) is 54.6 Å². The van der Waals surface area contributed by atoms with Crippen molar-refractivity contribution in [3.8, 4) is 23.3 Å². The minimum absolute atomic E-state index is 0.0492. The summed E-state index contributed by atoms with van der Waals surface area (Å²) in [5, 5.41) is 10.5. The summed E-state index contributed by atoms with van der Waals surface area (Å²) < 4.78 is 53.6. The van der Waals surface area contributed by atoms with Gasteiger partial charge in [0.1, 0.15) is 11.5 Å². The van der Waals surface area contributed by atoms with Crippen LogP contribution >= 0.6 is 0 Å². The normalized spacial score (nSPS) is 11.6. The van der Waals surface area contributed by atoms with Crippen LogP contribution in [0.3, 0.4) is 0 Å². The highest BCUT2D eigenvalue weighted by Crippen LogP contribution is 2.40. The Bertz CT molecular complexity index is 1220. The van der Waals surface area contributed by atoms with Gasteiger partial charge in [0, 0.05) is 10.8 Å². The summed E-state index contributed by atoms with van der Waals surface area (Å²) in [6.45, 7) is 0. The average molecular weight is 396 g/mol. The first-order valence-electron chi connectivity index (χ1n) is 8.65. The molecule has 0 aliphatic heterocycles. The summed E-state index contributed by atoms with van der Waals surface area (Å²) in [7, 11) is 3.06. The Labute approximate surface area is 164 Å². The van der Waals surface area contributed by atoms with Gasteiger partial charge in [0.15, 0.2) is 0 Å². The van der Waals surface area contributed by atoms with E-state index >= 15 is 0 Å². The summed E-state index contributed by atoms with van der Waals surface area (Å²) in [6, 6.07) is 15.8. The number of hydrogen-bond donors (Lipinski definition) is 0. The van der Waals surface area contributed by atoms with Crippen LogP contribution in [0, 0.1) is 11.3 Å². The van der Waals surface area contributed by atoms with Crippen molar-refractivity contribution in [3.05, 3.63) is 65.7 Å². The highest BCUT2D eigenvalue weighted by atomic mass is 19.4. The molecular weight excluding hydrogens is 381 g/mol. The minimum atomic E-state index is -4.62. The quantitative estimate of drug-likeness (QED) is 0.447. The van der Waals surface area contributed by atoms with Gasteiger partial charge in [-0.15, -0.1) is 0 Å². The fourth-order valence-electron chi connectivity index (χ4n) is 3.52. The molecule has 0 N–H and O–H groups in total. The third-order valence-electron chi connectivity index (χ3n) is 4.85. The Morgan fingerprint density at radius 1 is 0.828 bits per heavy atom. The van der Waals surface area contributed by atoms with Crippen molar-refractivity contribution in [2.75, 3.05) is 14.2 Å². The average Bonchev–Trinajstić information content (AvgIpc) is 3.05. The van der Waals surface area contributed by atoms with Crippen molar-refractivity contribution in [1.82, 2.24) is 4.57 Å². The molecule has 0 radical (unpaired) electrons. The van der Waals surface area contributed by atoms with E-state index in [0.29, 0.717) is 22.5 Å². The Morgan fingerprint density at radius 3 is 1.83 bits per heavy atom. The molecule has 3 aromatic carbocycles. The molecule has 0 atom stereocenters. The minimum Gasteiger partial charge on any atom is -0.497 e. The van der Waals surface area contributed by atoms with E-state index in [-0.39, 0.29) is 11.3 Å². The van der Waals surface area contributed by atoms with E-state index < -0.39 is 11.7 Å². The zero-order chi connectivity index (χ0) is 20.8. The zero-order valence-corrected chi connectivity index (χ0v) is 15.5. The van der Waals surface area contributed by atoms with Crippen LogP contribution in [-0.4, -0.2) is 18.8 Å². The van der Waals surface area contributed by atoms with E-state index in [2.05, 4.69) is 0 Å². The maximum atomic E-state index is 13.8. The molecule has 0 spiro atoms. The van der Waals surface area contributed by atoms with Crippen molar-refractivity contribution in [3.63, 3.8) is 0 Å². The van der Waals surface area contributed by atoms with Crippen molar-refractivity contribution < 1.29 is 22.6 Å². The van der Waals surface area contributed by atoms with Crippen molar-refractivity contribution in [2.24, 2.45) is 0 Å². The summed E-state index contributed by atoms with van der Waals surface area (Å²) in [5.74, 6) is 1.19. The summed E-state index contributed by atoms with van der Waals surface area (Å²) in [6.07, 6.45) is -4.62. The second-order valence-corrected chi connectivity index (χ2v) is 6.44. The molecule has 4 aromatic rings. The van der Waals surface area contributed by atoms with E-state index in [4.69, 9.17) is 14.7 Å². The van der Waals surface area contributed by atoms with E-state index in [9.17, 15) is 13.2 Å². The molecular formula is C22H15F3N2O2. The van der Waals surface area contributed by atoms with E-state index in [0.717, 1.165) is 16.8 Å². The molecule has 0 aliphatic rings. The van der Waals surface area contributed by atoms with Gasteiger partial charge in [0.2, 0.25) is 0 Å². The lowest BCUT2D eigenvalue weighted by Gasteiger charge is -2.16. The van der Waals surface area contributed by atoms with Crippen LogP contribution in [-0.2, 0) is 6.18 Å². The Hall–Kier alpha value is -3.66. The number of nitriles is 1. The lowest BCUT2D eigenvalue weighted by atomic mass is 10.1. The van der Waals surface area contributed by atoms with Crippen LogP contribution in [0.2, 0.25) is 0 Å². The lowest BCUT2D eigenvalue weighted by Crippen LogP contribution is -2.11. The topological polar surface area (TPSA) is 47.2 Å². The van der Waals surface area contributed by atoms with E-state index in [1.807, 2.05) is 0 Å². The number of fused-ring (bicyclic) bond motifs is 3. The van der Waals surface area contributed by atoms with Crippen LogP contribution in [0.4, 0.5) is 13.2 Å². The lowest BCUT2D eigenvalue weighted by molar-refractivity contribution is -0.137. The molecule has 0 fully saturated rings. The van der Waals surface area contributed by atoms with Crippen LogP contribution in [0.5, 0.6) is 11.5 Å². The zero-order valence-electron chi connectivity index (χ0n) is 15.5. The second kappa shape index (κ2) is 6.74. The number of methoxy groups -OCH3 is 2. The fraction of sp³-hybridized carbons (Fsp3) is 0.136. The largest absolute Gasteiger partial charge is 0.497 e. The monoisotopic (exact) mass is 396 g/mol. The third kappa shape index (κ3) is 3.03. The molecule has 0 amide bonds. The number of benzene rings is 3. The first kappa shape index (κ1) is 18.7. The SMILES string of the molecule is COc1ccc2c(c1)c1cc(OC)ccc1n2-c1ccc(C#N)cc1C(F)(F)F. The first-order valence-corrected chi connectivity index (χ1v) is 8.65. The molecule has 0 saturated heterocycles. The Morgan fingerprint density at radius 2 is 1.38 bits per heavy atom. The Balaban J connectivity index is 2.15. The predicted molar refractivity (Wildman–Crippen MR) is 104 cm³/mol. The van der Waals surface area contributed by atoms with Gasteiger partial charge in [-0.1, -0.05) is 0 Å². The molecule has 4 nitrogen and oxygen atoms in total. The number of nitrogens with zero attached hydrogens (tertiary/aromatic N) is 2. The molecule has 0 aliphatic carbocycles. The number of aromatic nitrogens is 1. The number of ether oxygens (including phenoxy) is 2. The summed E-state index contributed by atoms with van der Waals surface area (Å²) in [5.41, 5.74) is 0.201. The molecule has 29 heavy (non-hydrogen) atoms. The molecule has 1 heterocycles. The number of alkyl halides is 3. The molecule has 0 unspecified atom stereocenters. The first-order chi connectivity index (χ1) is 13.9. The molecule has 0 bridgehead atoms. The van der Waals surface area contributed by atoms with Crippen molar-refractivity contribution in [2.45, 2.75) is 6.18 Å². The van der Waals surface area contributed by atoms with Gasteiger partial charge in [0.05, 0.1) is 48.1 Å². The van der Waals surface area contributed by atoms with Gasteiger partial charge < -0.3 is 14.0 Å². The maximum Gasteiger partial charge on any atom is 0.418 e. The summed E-state index contributed by atoms with van der Waals surface area (Å²) >= 11 is 0. The molecule has 1 aromatic heterocycles. The van der Waals surface area contributed by atoms with Gasteiger partial charge >= 0.3 is 6.18 Å². The van der Waals surface area contributed by atoms with E-state index in [1.165, 1.54) is 26.4 Å². The molecule has 4 rings (SSSR count). The van der Waals surface area contributed by atoms with Gasteiger partial charge in [0.25, 0.3) is 0 Å². The standard InChI is InChI=1S/C22H15F3N2O2/c1-28-14-4-7-19-16(10-14)17-11-15(29-2)5-8-20(17)27(19)21-6-3-13(12-26)9-18(21)22(23,24)25/h3-11H,1-2H3. The smallest absolute Gasteiger partial charge is 0.418 e. The number of halogens is 3. The number of rotatable bonds is 3. The highest BCUT2D eigenvalue weighted by molar-refractivity contribution is 6.10. The molecule has 146 valence electrons. The van der Waals surface area contributed by atoms with Crippen LogP contribution in [0.1, 0.15) is 11.1 Å². The Kier molecular flexibility index (Phi) is 4.35. The number of hydrogen-bond acceptors (Lipinski definition) is 3. The fourth-order valence-corrected chi connectivity index (χ4v) is 3.52. The third-order valence-corrected chi connectivity index (χ3v) is 4.85. The molecule has 7 heteroatoms. The van der Waals surface area contributed by atoms with Crippen LogP contribution < -0.4 is 9.47 Å². The van der Waals surface area contributed by atoms with Gasteiger partial charge in [-0.2, -0.15) is 18.4 Å². The van der Waals surface area contributed by atoms with E-state index in [1.54, 1.807) is 47.0 Å². The van der Waals surface area contributed by atoms with Crippen LogP contribution in [0.25, 0.3) is 27.5 Å². The van der Waals surface area contributed by atoms with Crippen molar-refractivity contribution in [1.29, 1.82) is 5.26 Å². The molecule has 0 saturated carbocycles. The second-order valence-electron chi connectivity index (χ2n) is 6.44. The maximum absolute atomic E-state index is 13.8.